The first-order valence-electron chi connectivity index (χ1n) is 7.62. The van der Waals surface area contributed by atoms with Gasteiger partial charge in [-0.15, -0.1) is 0 Å². The Labute approximate surface area is 153 Å². The minimum Gasteiger partial charge on any atom is -0.295 e. The van der Waals surface area contributed by atoms with Crippen molar-refractivity contribution in [2.75, 3.05) is 18.8 Å². The number of hydrogen-bond acceptors (Lipinski definition) is 5. The molecular weight excluding hydrogens is 376 g/mol. The number of carbonyl (C=O) groups excluding carboxylic acids is 1. The van der Waals surface area contributed by atoms with Gasteiger partial charge in [-0.25, -0.2) is 21.1 Å². The summed E-state index contributed by atoms with van der Waals surface area (Å²) in [6.07, 6.45) is 0. The van der Waals surface area contributed by atoms with Gasteiger partial charge < -0.3 is 0 Å². The third-order valence-electron chi connectivity index (χ3n) is 3.78. The van der Waals surface area contributed by atoms with Crippen LogP contribution in [0.1, 0.15) is 22.8 Å². The fraction of sp³-hybridized carbons (Fsp3) is 0.235. The zero-order chi connectivity index (χ0) is 19.7. The molecule has 0 aliphatic carbocycles. The molecule has 0 amide bonds. The number of sulfonamides is 2. The molecule has 2 aromatic rings. The predicted octanol–water partition coefficient (Wildman–Crippen LogP) is 2.25. The highest BCUT2D eigenvalue weighted by molar-refractivity contribution is 7.92. The molecule has 0 saturated carbocycles. The monoisotopic (exact) mass is 396 g/mol. The van der Waals surface area contributed by atoms with Gasteiger partial charge in [0, 0.05) is 19.7 Å². The van der Waals surface area contributed by atoms with Crippen LogP contribution in [-0.4, -0.2) is 41.0 Å². The van der Waals surface area contributed by atoms with Gasteiger partial charge in [-0.3, -0.25) is 9.52 Å². The lowest BCUT2D eigenvalue weighted by molar-refractivity contribution is 0.101. The Bertz CT molecular complexity index is 1060. The standard InChI is InChI=1S/C17H20N2O5S2/c1-12-8-9-16(26(23,24)19(3)4)11-17(12)18-25(21,22)15-7-5-6-14(10-15)13(2)20/h5-11,18H,1-4H3. The lowest BCUT2D eigenvalue weighted by atomic mass is 10.2. The second kappa shape index (κ2) is 7.18. The fourth-order valence-electron chi connectivity index (χ4n) is 2.17. The smallest absolute Gasteiger partial charge is 0.261 e. The van der Waals surface area contributed by atoms with Gasteiger partial charge in [0.15, 0.2) is 5.78 Å². The second-order valence-electron chi connectivity index (χ2n) is 5.95. The molecule has 140 valence electrons. The Morgan fingerprint density at radius 2 is 1.62 bits per heavy atom. The highest BCUT2D eigenvalue weighted by atomic mass is 32.2. The van der Waals surface area contributed by atoms with E-state index in [0.717, 1.165) is 4.31 Å². The van der Waals surface area contributed by atoms with E-state index in [4.69, 9.17) is 0 Å². The van der Waals surface area contributed by atoms with E-state index in [1.807, 2.05) is 0 Å². The molecule has 0 aromatic heterocycles. The number of anilines is 1. The molecule has 0 unspecified atom stereocenters. The average Bonchev–Trinajstić information content (AvgIpc) is 2.56. The number of rotatable bonds is 6. The summed E-state index contributed by atoms with van der Waals surface area (Å²) in [4.78, 5) is 11.4. The largest absolute Gasteiger partial charge is 0.295 e. The van der Waals surface area contributed by atoms with Gasteiger partial charge in [0.2, 0.25) is 10.0 Å². The van der Waals surface area contributed by atoms with Crippen LogP contribution in [0.2, 0.25) is 0 Å². The summed E-state index contributed by atoms with van der Waals surface area (Å²) in [7, 11) is -4.90. The number of nitrogens with one attached hydrogen (secondary N) is 1. The molecular formula is C17H20N2O5S2. The van der Waals surface area contributed by atoms with E-state index >= 15 is 0 Å². The van der Waals surface area contributed by atoms with Crippen molar-refractivity contribution in [3.8, 4) is 0 Å². The Hall–Kier alpha value is -2.23. The van der Waals surface area contributed by atoms with Crippen molar-refractivity contribution in [2.24, 2.45) is 0 Å². The summed E-state index contributed by atoms with van der Waals surface area (Å²) in [5.41, 5.74) is 0.990. The van der Waals surface area contributed by atoms with Gasteiger partial charge in [-0.1, -0.05) is 18.2 Å². The third-order valence-corrected chi connectivity index (χ3v) is 6.96. The molecule has 0 atom stereocenters. The lowest BCUT2D eigenvalue weighted by Crippen LogP contribution is -2.22. The van der Waals surface area contributed by atoms with E-state index in [2.05, 4.69) is 4.72 Å². The average molecular weight is 396 g/mol. The lowest BCUT2D eigenvalue weighted by Gasteiger charge is -2.15. The highest BCUT2D eigenvalue weighted by Gasteiger charge is 2.21. The normalized spacial score (nSPS) is 12.2. The molecule has 0 saturated heterocycles. The Kier molecular flexibility index (Phi) is 5.55. The molecule has 9 heteroatoms. The van der Waals surface area contributed by atoms with Crippen molar-refractivity contribution in [3.05, 3.63) is 53.6 Å². The number of ketones is 1. The van der Waals surface area contributed by atoms with Crippen LogP contribution in [0.25, 0.3) is 0 Å². The minimum atomic E-state index is -3.99. The van der Waals surface area contributed by atoms with Crippen molar-refractivity contribution in [2.45, 2.75) is 23.6 Å². The van der Waals surface area contributed by atoms with Gasteiger partial charge in [-0.05, 0) is 43.7 Å². The number of aryl methyl sites for hydroxylation is 1. The van der Waals surface area contributed by atoms with Crippen LogP contribution in [0.5, 0.6) is 0 Å². The summed E-state index contributed by atoms with van der Waals surface area (Å²) in [5, 5.41) is 0. The van der Waals surface area contributed by atoms with Crippen LogP contribution in [0.4, 0.5) is 5.69 Å². The van der Waals surface area contributed by atoms with Crippen LogP contribution in [0.15, 0.2) is 52.3 Å². The van der Waals surface area contributed by atoms with E-state index in [1.54, 1.807) is 6.92 Å². The van der Waals surface area contributed by atoms with Gasteiger partial charge in [0.05, 0.1) is 15.5 Å². The SMILES string of the molecule is CC(=O)c1cccc(S(=O)(=O)Nc2cc(S(=O)(=O)N(C)C)ccc2C)c1. The zero-order valence-corrected chi connectivity index (χ0v) is 16.5. The number of hydrogen-bond donors (Lipinski definition) is 1. The first-order valence-corrected chi connectivity index (χ1v) is 10.5. The second-order valence-corrected chi connectivity index (χ2v) is 9.79. The first kappa shape index (κ1) is 20.1. The Balaban J connectivity index is 2.47. The molecule has 0 spiro atoms. The van der Waals surface area contributed by atoms with Crippen LogP contribution in [0, 0.1) is 6.92 Å². The molecule has 2 rings (SSSR count). The number of carbonyl (C=O) groups is 1. The molecule has 0 radical (unpaired) electrons. The van der Waals surface area contributed by atoms with Crippen molar-refractivity contribution in [1.29, 1.82) is 0 Å². The molecule has 0 bridgehead atoms. The van der Waals surface area contributed by atoms with Crippen LogP contribution < -0.4 is 4.72 Å². The number of Topliss-reactive ketones (excluding diaryl/α,β-unsaturated/α-hetero) is 1. The van der Waals surface area contributed by atoms with Crippen molar-refractivity contribution < 1.29 is 21.6 Å². The van der Waals surface area contributed by atoms with Gasteiger partial charge in [0.1, 0.15) is 0 Å². The summed E-state index contributed by atoms with van der Waals surface area (Å²) >= 11 is 0. The zero-order valence-electron chi connectivity index (χ0n) is 14.8. The van der Waals surface area contributed by atoms with Crippen LogP contribution >= 0.6 is 0 Å². The third kappa shape index (κ3) is 4.12. The number of benzene rings is 2. The summed E-state index contributed by atoms with van der Waals surface area (Å²) in [6.45, 7) is 3.01. The van der Waals surface area contributed by atoms with E-state index in [9.17, 15) is 21.6 Å². The molecule has 0 aliphatic rings. The highest BCUT2D eigenvalue weighted by Crippen LogP contribution is 2.25. The first-order chi connectivity index (χ1) is 11.9. The molecule has 26 heavy (non-hydrogen) atoms. The molecule has 2 aromatic carbocycles. The summed E-state index contributed by atoms with van der Waals surface area (Å²) < 4.78 is 53.3. The van der Waals surface area contributed by atoms with Gasteiger partial charge in [0.25, 0.3) is 10.0 Å². The fourth-order valence-corrected chi connectivity index (χ4v) is 4.26. The topological polar surface area (TPSA) is 101 Å². The maximum absolute atomic E-state index is 12.6. The van der Waals surface area contributed by atoms with E-state index < -0.39 is 20.0 Å². The van der Waals surface area contributed by atoms with Gasteiger partial charge >= 0.3 is 0 Å². The van der Waals surface area contributed by atoms with E-state index in [1.165, 1.54) is 63.5 Å². The molecule has 0 heterocycles. The quantitative estimate of drug-likeness (QED) is 0.755. The molecule has 1 N–H and O–H groups in total. The van der Waals surface area contributed by atoms with E-state index in [-0.39, 0.29) is 26.8 Å². The van der Waals surface area contributed by atoms with Crippen LogP contribution in [0.3, 0.4) is 0 Å². The maximum atomic E-state index is 12.6. The molecule has 0 aliphatic heterocycles. The minimum absolute atomic E-state index is 0.0247. The Morgan fingerprint density at radius 3 is 2.19 bits per heavy atom. The number of nitrogens with zero attached hydrogens (tertiary/aromatic N) is 1. The van der Waals surface area contributed by atoms with Crippen molar-refractivity contribution >= 4 is 31.5 Å². The van der Waals surface area contributed by atoms with Crippen molar-refractivity contribution in [3.63, 3.8) is 0 Å². The predicted molar refractivity (Wildman–Crippen MR) is 99.3 cm³/mol. The molecule has 7 nitrogen and oxygen atoms in total. The van der Waals surface area contributed by atoms with Crippen molar-refractivity contribution in [1.82, 2.24) is 4.31 Å². The summed E-state index contributed by atoms with van der Waals surface area (Å²) in [5.74, 6) is -0.252. The molecule has 0 fully saturated rings. The maximum Gasteiger partial charge on any atom is 0.261 e. The van der Waals surface area contributed by atoms with Crippen LogP contribution in [-0.2, 0) is 20.0 Å². The Morgan fingerprint density at radius 1 is 0.962 bits per heavy atom. The summed E-state index contributed by atoms with van der Waals surface area (Å²) in [6, 6.07) is 9.86. The van der Waals surface area contributed by atoms with E-state index in [0.29, 0.717) is 5.56 Å². The van der Waals surface area contributed by atoms with Gasteiger partial charge in [-0.2, -0.15) is 0 Å².